The van der Waals surface area contributed by atoms with Crippen molar-refractivity contribution in [3.8, 4) is 0 Å². The molecule has 22 heavy (non-hydrogen) atoms. The van der Waals surface area contributed by atoms with E-state index in [4.69, 9.17) is 14.6 Å². The van der Waals surface area contributed by atoms with Crippen molar-refractivity contribution < 1.29 is 33.7 Å². The second kappa shape index (κ2) is 7.94. The third kappa shape index (κ3) is 5.02. The van der Waals surface area contributed by atoms with E-state index in [1.807, 2.05) is 0 Å². The Kier molecular flexibility index (Phi) is 6.27. The van der Waals surface area contributed by atoms with Gasteiger partial charge in [0.1, 0.15) is 0 Å². The molecular formula is C15H16O7. The molecule has 0 aliphatic heterocycles. The zero-order chi connectivity index (χ0) is 16.7. The van der Waals surface area contributed by atoms with Gasteiger partial charge in [-0.1, -0.05) is 18.7 Å². The van der Waals surface area contributed by atoms with E-state index in [1.165, 1.54) is 38.1 Å². The summed E-state index contributed by atoms with van der Waals surface area (Å²) in [5.74, 6) is -2.50. The van der Waals surface area contributed by atoms with Gasteiger partial charge in [-0.05, 0) is 19.1 Å². The van der Waals surface area contributed by atoms with Gasteiger partial charge in [0.15, 0.2) is 6.29 Å². The summed E-state index contributed by atoms with van der Waals surface area (Å²) in [5, 5.41) is 9.06. The first-order chi connectivity index (χ1) is 10.3. The number of aliphatic hydroxyl groups excluding tert-OH is 1. The summed E-state index contributed by atoms with van der Waals surface area (Å²) < 4.78 is 14.2. The molecule has 0 aliphatic rings. The summed E-state index contributed by atoms with van der Waals surface area (Å²) in [6.45, 7) is 5.82. The van der Waals surface area contributed by atoms with E-state index in [2.05, 4.69) is 11.3 Å². The Morgan fingerprint density at radius 1 is 1.05 bits per heavy atom. The molecule has 1 aromatic rings. The highest BCUT2D eigenvalue weighted by molar-refractivity contribution is 6.03. The molecule has 1 rings (SSSR count). The van der Waals surface area contributed by atoms with Crippen LogP contribution in [0, 0.1) is 0 Å². The first-order valence-corrected chi connectivity index (χ1v) is 6.37. The Labute approximate surface area is 127 Å². The van der Waals surface area contributed by atoms with Gasteiger partial charge in [-0.2, -0.15) is 0 Å². The fourth-order valence-corrected chi connectivity index (χ4v) is 1.51. The molecule has 0 amide bonds. The number of ether oxygens (including phenoxy) is 3. The van der Waals surface area contributed by atoms with E-state index in [-0.39, 0.29) is 11.1 Å². The Morgan fingerprint density at radius 3 is 2.00 bits per heavy atom. The van der Waals surface area contributed by atoms with Crippen LogP contribution in [-0.4, -0.2) is 35.6 Å². The van der Waals surface area contributed by atoms with Gasteiger partial charge in [0.2, 0.25) is 6.29 Å². The third-order valence-corrected chi connectivity index (χ3v) is 2.37. The average Bonchev–Trinajstić information content (AvgIpc) is 2.46. The van der Waals surface area contributed by atoms with Gasteiger partial charge in [0.25, 0.3) is 0 Å². The summed E-state index contributed by atoms with van der Waals surface area (Å²) >= 11 is 0. The van der Waals surface area contributed by atoms with Crippen molar-refractivity contribution in [1.82, 2.24) is 0 Å². The standard InChI is InChI=1S/C15H16O7/c1-4-13(17)21-10(3)22-15(19)12-8-6-5-7-11(12)14(18)20-9(2)16/h4-10,16H,1H2,2-3H3. The van der Waals surface area contributed by atoms with Crippen LogP contribution in [0.4, 0.5) is 0 Å². The lowest BCUT2D eigenvalue weighted by atomic mass is 10.1. The van der Waals surface area contributed by atoms with Crippen LogP contribution in [0.5, 0.6) is 0 Å². The number of carbonyl (C=O) groups is 3. The zero-order valence-corrected chi connectivity index (χ0v) is 12.1. The predicted octanol–water partition coefficient (Wildman–Crippen LogP) is 1.41. The van der Waals surface area contributed by atoms with Gasteiger partial charge in [0, 0.05) is 13.0 Å². The number of rotatable bonds is 6. The lowest BCUT2D eigenvalue weighted by Crippen LogP contribution is -2.23. The molecule has 7 heteroatoms. The van der Waals surface area contributed by atoms with Crippen molar-refractivity contribution in [2.45, 2.75) is 26.4 Å². The summed E-state index contributed by atoms with van der Waals surface area (Å²) in [4.78, 5) is 34.8. The molecule has 1 N–H and O–H groups in total. The fraction of sp³-hybridized carbons (Fsp3) is 0.267. The van der Waals surface area contributed by atoms with E-state index >= 15 is 0 Å². The molecule has 0 radical (unpaired) electrons. The molecule has 118 valence electrons. The van der Waals surface area contributed by atoms with E-state index in [9.17, 15) is 14.4 Å². The number of esters is 3. The van der Waals surface area contributed by atoms with Crippen molar-refractivity contribution in [3.63, 3.8) is 0 Å². The lowest BCUT2D eigenvalue weighted by Gasteiger charge is -2.14. The van der Waals surface area contributed by atoms with Crippen LogP contribution in [0.15, 0.2) is 36.9 Å². The minimum atomic E-state index is -1.32. The number of benzene rings is 1. The van der Waals surface area contributed by atoms with Crippen LogP contribution < -0.4 is 0 Å². The summed E-state index contributed by atoms with van der Waals surface area (Å²) in [6, 6.07) is 5.75. The maximum Gasteiger partial charge on any atom is 0.342 e. The smallest absolute Gasteiger partial charge is 0.342 e. The largest absolute Gasteiger partial charge is 0.433 e. The monoisotopic (exact) mass is 308 g/mol. The van der Waals surface area contributed by atoms with Crippen LogP contribution in [0.3, 0.4) is 0 Å². The van der Waals surface area contributed by atoms with Crippen LogP contribution in [0.2, 0.25) is 0 Å². The molecule has 0 bridgehead atoms. The van der Waals surface area contributed by atoms with E-state index in [0.717, 1.165) is 6.08 Å². The van der Waals surface area contributed by atoms with Crippen molar-refractivity contribution in [3.05, 3.63) is 48.0 Å². The molecule has 0 heterocycles. The lowest BCUT2D eigenvalue weighted by molar-refractivity contribution is -0.159. The van der Waals surface area contributed by atoms with Crippen LogP contribution in [0.1, 0.15) is 34.6 Å². The summed E-state index contributed by atoms with van der Waals surface area (Å²) in [5.41, 5.74) is -0.148. The second-order valence-electron chi connectivity index (χ2n) is 4.16. The molecule has 0 saturated heterocycles. The van der Waals surface area contributed by atoms with Crippen LogP contribution >= 0.6 is 0 Å². The molecule has 2 unspecified atom stereocenters. The quantitative estimate of drug-likeness (QED) is 0.482. The van der Waals surface area contributed by atoms with E-state index < -0.39 is 30.5 Å². The normalized spacial score (nSPS) is 12.7. The van der Waals surface area contributed by atoms with Crippen molar-refractivity contribution >= 4 is 17.9 Å². The van der Waals surface area contributed by atoms with Crippen molar-refractivity contribution in [1.29, 1.82) is 0 Å². The van der Waals surface area contributed by atoms with Crippen molar-refractivity contribution in [2.75, 3.05) is 0 Å². The summed E-state index contributed by atoms with van der Waals surface area (Å²) in [6.07, 6.45) is -1.54. The first-order valence-electron chi connectivity index (χ1n) is 6.37. The molecular weight excluding hydrogens is 292 g/mol. The van der Waals surface area contributed by atoms with Gasteiger partial charge in [-0.3, -0.25) is 0 Å². The second-order valence-corrected chi connectivity index (χ2v) is 4.16. The molecule has 0 saturated carbocycles. The van der Waals surface area contributed by atoms with Crippen LogP contribution in [0.25, 0.3) is 0 Å². The number of carbonyl (C=O) groups excluding carboxylic acids is 3. The van der Waals surface area contributed by atoms with Gasteiger partial charge in [-0.15, -0.1) is 0 Å². The number of aliphatic hydroxyl groups is 1. The zero-order valence-electron chi connectivity index (χ0n) is 12.1. The molecule has 2 atom stereocenters. The molecule has 0 aliphatic carbocycles. The van der Waals surface area contributed by atoms with E-state index in [1.54, 1.807) is 0 Å². The molecule has 1 aromatic carbocycles. The summed E-state index contributed by atoms with van der Waals surface area (Å²) in [7, 11) is 0. The SMILES string of the molecule is C=CC(=O)OC(C)OC(=O)c1ccccc1C(=O)OC(C)O. The fourth-order valence-electron chi connectivity index (χ4n) is 1.51. The van der Waals surface area contributed by atoms with Gasteiger partial charge >= 0.3 is 17.9 Å². The maximum atomic E-state index is 12.0. The Balaban J connectivity index is 2.87. The molecule has 0 aromatic heterocycles. The molecule has 0 spiro atoms. The number of hydrogen-bond donors (Lipinski definition) is 1. The minimum Gasteiger partial charge on any atom is -0.433 e. The third-order valence-electron chi connectivity index (χ3n) is 2.37. The topological polar surface area (TPSA) is 99.1 Å². The van der Waals surface area contributed by atoms with Gasteiger partial charge < -0.3 is 19.3 Å². The minimum absolute atomic E-state index is 0.0735. The van der Waals surface area contributed by atoms with Crippen molar-refractivity contribution in [2.24, 2.45) is 0 Å². The molecule has 0 fully saturated rings. The Hall–Kier alpha value is -2.67. The maximum absolute atomic E-state index is 12.0. The predicted molar refractivity (Wildman–Crippen MR) is 74.7 cm³/mol. The Bertz CT molecular complexity index is 577. The Morgan fingerprint density at radius 2 is 1.55 bits per heavy atom. The highest BCUT2D eigenvalue weighted by atomic mass is 16.7. The highest BCUT2D eigenvalue weighted by Gasteiger charge is 2.22. The number of hydrogen-bond acceptors (Lipinski definition) is 7. The molecule has 7 nitrogen and oxygen atoms in total. The van der Waals surface area contributed by atoms with Gasteiger partial charge in [0.05, 0.1) is 11.1 Å². The average molecular weight is 308 g/mol. The first kappa shape index (κ1) is 17.4. The highest BCUT2D eigenvalue weighted by Crippen LogP contribution is 2.14. The van der Waals surface area contributed by atoms with E-state index in [0.29, 0.717) is 0 Å². The van der Waals surface area contributed by atoms with Crippen LogP contribution in [-0.2, 0) is 19.0 Å². The van der Waals surface area contributed by atoms with Gasteiger partial charge in [-0.25, -0.2) is 14.4 Å².